The van der Waals surface area contributed by atoms with E-state index in [1.54, 1.807) is 20.8 Å². The summed E-state index contributed by atoms with van der Waals surface area (Å²) in [6, 6.07) is 4.83. The van der Waals surface area contributed by atoms with Gasteiger partial charge in [-0.05, 0) is 39.3 Å². The van der Waals surface area contributed by atoms with Crippen molar-refractivity contribution in [2.24, 2.45) is 0 Å². The molecular formula is C17H20ClNO5. The first-order valence-electron chi connectivity index (χ1n) is 7.11. The number of nitriles is 1. The van der Waals surface area contributed by atoms with Gasteiger partial charge < -0.3 is 14.2 Å². The molecule has 1 aromatic carbocycles. The number of carbonyl (C=O) groups excluding carboxylic acids is 2. The number of methoxy groups -OCH3 is 2. The molecule has 7 heteroatoms. The summed E-state index contributed by atoms with van der Waals surface area (Å²) in [5.41, 5.74) is -2.55. The summed E-state index contributed by atoms with van der Waals surface area (Å²) in [6.07, 6.45) is 0. The van der Waals surface area contributed by atoms with Crippen LogP contribution in [-0.4, -0.2) is 31.8 Å². The average molecular weight is 354 g/mol. The Bertz CT molecular complexity index is 702. The maximum absolute atomic E-state index is 12.6. The number of halogens is 1. The SMILES string of the molecule is COC(=O)c1c([C@@](C)(C#N)C(=O)OC(C)(C)C)ccc(OC)c1Cl. The van der Waals surface area contributed by atoms with Gasteiger partial charge in [-0.25, -0.2) is 9.59 Å². The molecule has 0 saturated carbocycles. The van der Waals surface area contributed by atoms with Crippen LogP contribution >= 0.6 is 11.6 Å². The molecule has 0 fully saturated rings. The van der Waals surface area contributed by atoms with Crippen molar-refractivity contribution in [3.63, 3.8) is 0 Å². The van der Waals surface area contributed by atoms with Gasteiger partial charge in [0.1, 0.15) is 11.4 Å². The maximum atomic E-state index is 12.6. The lowest BCUT2D eigenvalue weighted by molar-refractivity contribution is -0.159. The third-order valence-corrected chi connectivity index (χ3v) is 3.66. The van der Waals surface area contributed by atoms with E-state index in [2.05, 4.69) is 0 Å². The number of benzene rings is 1. The van der Waals surface area contributed by atoms with Gasteiger partial charge in [-0.3, -0.25) is 0 Å². The smallest absolute Gasteiger partial charge is 0.339 e. The second kappa shape index (κ2) is 7.10. The average Bonchev–Trinajstić information content (AvgIpc) is 2.51. The monoisotopic (exact) mass is 353 g/mol. The summed E-state index contributed by atoms with van der Waals surface area (Å²) in [5.74, 6) is -1.34. The van der Waals surface area contributed by atoms with Crippen LogP contribution in [0, 0.1) is 11.3 Å². The molecule has 6 nitrogen and oxygen atoms in total. The molecule has 0 aliphatic heterocycles. The molecule has 0 saturated heterocycles. The topological polar surface area (TPSA) is 85.6 Å². The number of esters is 2. The van der Waals surface area contributed by atoms with E-state index in [1.807, 2.05) is 6.07 Å². The second-order valence-corrected chi connectivity index (χ2v) is 6.61. The molecule has 0 N–H and O–H groups in total. The van der Waals surface area contributed by atoms with Crippen LogP contribution in [0.2, 0.25) is 5.02 Å². The Morgan fingerprint density at radius 1 is 1.17 bits per heavy atom. The van der Waals surface area contributed by atoms with Gasteiger partial charge in [0.05, 0.1) is 30.9 Å². The summed E-state index contributed by atoms with van der Waals surface area (Å²) in [6.45, 7) is 6.42. The molecule has 0 aliphatic rings. The molecule has 0 aromatic heterocycles. The molecule has 1 atom stereocenters. The van der Waals surface area contributed by atoms with Gasteiger partial charge >= 0.3 is 11.9 Å². The Morgan fingerprint density at radius 3 is 2.17 bits per heavy atom. The minimum Gasteiger partial charge on any atom is -0.495 e. The van der Waals surface area contributed by atoms with Crippen LogP contribution in [0.25, 0.3) is 0 Å². The Labute approximate surface area is 146 Å². The van der Waals surface area contributed by atoms with Crippen molar-refractivity contribution < 1.29 is 23.8 Å². The first-order chi connectivity index (χ1) is 11.0. The van der Waals surface area contributed by atoms with E-state index in [0.29, 0.717) is 0 Å². The van der Waals surface area contributed by atoms with Crippen molar-refractivity contribution in [2.45, 2.75) is 38.7 Å². The Hall–Kier alpha value is -2.26. The Morgan fingerprint density at radius 2 is 1.75 bits per heavy atom. The molecule has 0 spiro atoms. The van der Waals surface area contributed by atoms with E-state index in [-0.39, 0.29) is 21.9 Å². The highest BCUT2D eigenvalue weighted by Crippen LogP contribution is 2.38. The summed E-state index contributed by atoms with van der Waals surface area (Å²) in [4.78, 5) is 24.7. The van der Waals surface area contributed by atoms with Gasteiger partial charge in [-0.2, -0.15) is 5.26 Å². The van der Waals surface area contributed by atoms with E-state index >= 15 is 0 Å². The predicted octanol–water partition coefficient (Wildman–Crippen LogP) is 3.26. The van der Waals surface area contributed by atoms with Gasteiger partial charge in [-0.1, -0.05) is 17.7 Å². The zero-order valence-corrected chi connectivity index (χ0v) is 15.3. The fraction of sp³-hybridized carbons (Fsp3) is 0.471. The molecule has 0 heterocycles. The van der Waals surface area contributed by atoms with Crippen molar-refractivity contribution in [1.29, 1.82) is 5.26 Å². The van der Waals surface area contributed by atoms with Gasteiger partial charge in [0.25, 0.3) is 0 Å². The van der Waals surface area contributed by atoms with Gasteiger partial charge in [-0.15, -0.1) is 0 Å². The third-order valence-electron chi connectivity index (χ3n) is 3.29. The first-order valence-corrected chi connectivity index (χ1v) is 7.49. The zero-order valence-electron chi connectivity index (χ0n) is 14.5. The van der Waals surface area contributed by atoms with Crippen LogP contribution in [0.4, 0.5) is 0 Å². The molecule has 130 valence electrons. The number of nitrogens with zero attached hydrogens (tertiary/aromatic N) is 1. The van der Waals surface area contributed by atoms with E-state index in [4.69, 9.17) is 25.8 Å². The number of carbonyl (C=O) groups is 2. The summed E-state index contributed by atoms with van der Waals surface area (Å²) >= 11 is 6.20. The number of hydrogen-bond acceptors (Lipinski definition) is 6. The molecule has 0 bridgehead atoms. The van der Waals surface area contributed by atoms with Crippen molar-refractivity contribution in [3.8, 4) is 11.8 Å². The zero-order chi connectivity index (χ0) is 18.7. The van der Waals surface area contributed by atoms with Crippen molar-refractivity contribution in [1.82, 2.24) is 0 Å². The van der Waals surface area contributed by atoms with Crippen LogP contribution in [0.15, 0.2) is 12.1 Å². The fourth-order valence-electron chi connectivity index (χ4n) is 2.03. The molecule has 0 radical (unpaired) electrons. The predicted molar refractivity (Wildman–Crippen MR) is 88.2 cm³/mol. The first kappa shape index (κ1) is 19.8. The van der Waals surface area contributed by atoms with Crippen LogP contribution in [-0.2, 0) is 19.7 Å². The van der Waals surface area contributed by atoms with Crippen LogP contribution < -0.4 is 4.74 Å². The molecule has 0 amide bonds. The highest BCUT2D eigenvalue weighted by atomic mass is 35.5. The van der Waals surface area contributed by atoms with Crippen molar-refractivity contribution >= 4 is 23.5 Å². The molecule has 0 aliphatic carbocycles. The van der Waals surface area contributed by atoms with Crippen LogP contribution in [0.3, 0.4) is 0 Å². The van der Waals surface area contributed by atoms with Gasteiger partial charge in [0.15, 0.2) is 5.41 Å². The van der Waals surface area contributed by atoms with Gasteiger partial charge in [0, 0.05) is 0 Å². The standard InChI is InChI=1S/C17H20ClNO5/c1-16(2,3)24-15(21)17(4,9-19)10-7-8-11(22-5)13(18)12(10)14(20)23-6/h7-8H,1-6H3/t17-/m1/s1. The Balaban J connectivity index is 3.63. The third kappa shape index (κ3) is 3.80. The lowest BCUT2D eigenvalue weighted by Gasteiger charge is -2.28. The second-order valence-electron chi connectivity index (χ2n) is 6.23. The lowest BCUT2D eigenvalue weighted by Crippen LogP contribution is -2.39. The van der Waals surface area contributed by atoms with Crippen LogP contribution in [0.5, 0.6) is 5.75 Å². The molecule has 0 unspecified atom stereocenters. The van der Waals surface area contributed by atoms with Crippen molar-refractivity contribution in [3.05, 3.63) is 28.3 Å². The lowest BCUT2D eigenvalue weighted by atomic mass is 9.80. The minimum atomic E-state index is -1.74. The number of ether oxygens (including phenoxy) is 3. The quantitative estimate of drug-likeness (QED) is 0.772. The molecule has 1 aromatic rings. The molecule has 24 heavy (non-hydrogen) atoms. The summed E-state index contributed by atoms with van der Waals surface area (Å²) in [7, 11) is 2.57. The normalized spacial score (nSPS) is 13.4. The van der Waals surface area contributed by atoms with Gasteiger partial charge in [0.2, 0.25) is 0 Å². The number of rotatable bonds is 4. The summed E-state index contributed by atoms with van der Waals surface area (Å²) in [5, 5.41) is 9.59. The molecule has 1 rings (SSSR count). The Kier molecular flexibility index (Phi) is 5.85. The van der Waals surface area contributed by atoms with Crippen molar-refractivity contribution in [2.75, 3.05) is 14.2 Å². The summed E-state index contributed by atoms with van der Waals surface area (Å²) < 4.78 is 15.1. The van der Waals surface area contributed by atoms with Crippen LogP contribution in [0.1, 0.15) is 43.6 Å². The largest absolute Gasteiger partial charge is 0.495 e. The highest BCUT2D eigenvalue weighted by Gasteiger charge is 2.43. The van der Waals surface area contributed by atoms with E-state index in [0.717, 1.165) is 0 Å². The number of hydrogen-bond donors (Lipinski definition) is 0. The van der Waals surface area contributed by atoms with E-state index in [1.165, 1.54) is 33.3 Å². The molecular weight excluding hydrogens is 334 g/mol. The minimum absolute atomic E-state index is 0.0353. The fourth-order valence-corrected chi connectivity index (χ4v) is 2.35. The maximum Gasteiger partial charge on any atom is 0.339 e. The highest BCUT2D eigenvalue weighted by molar-refractivity contribution is 6.35. The van der Waals surface area contributed by atoms with E-state index in [9.17, 15) is 14.9 Å². The van der Waals surface area contributed by atoms with E-state index < -0.39 is 23.0 Å².